The van der Waals surface area contributed by atoms with Gasteiger partial charge in [0.05, 0.1) is 12.7 Å². The maximum Gasteiger partial charge on any atom is 0.469 e. The van der Waals surface area contributed by atoms with E-state index in [2.05, 4.69) is 48.8 Å². The molecule has 0 aromatic heterocycles. The molecule has 10 heteroatoms. The summed E-state index contributed by atoms with van der Waals surface area (Å²) in [6, 6.07) is 0. The Bertz CT molecular complexity index is 1060. The zero-order valence-corrected chi connectivity index (χ0v) is 34.2. The standard InChI is InChI=1S/C43H75O9P/c1-3-5-7-8-9-10-11-12-13-14-15-16-17-18-19-22-25-28-32-36-42(45)50-38-41(39-51-53(47,48)49)52-43(46)37-33-29-26-23-20-21-24-27-31-35-40(44)34-30-6-4-2/h6,9-10,12-13,24,27,30-31,35,40-41,44H,3-5,7-8,11,14-23,25-26,28-29,32-34,36-39H2,1-2H3,(H2,47,48,49)/b10-9-,13-12-,27-24+,30-6+,35-31+/t40?,41-/m1/s1. The molecule has 0 aliphatic rings. The summed E-state index contributed by atoms with van der Waals surface area (Å²) in [5.74, 6) is -0.946. The highest BCUT2D eigenvalue weighted by Crippen LogP contribution is 2.36. The zero-order chi connectivity index (χ0) is 39.1. The molecule has 0 rings (SSSR count). The molecule has 3 N–H and O–H groups in total. The molecule has 0 bridgehead atoms. The Hall–Kier alpha value is -2.29. The lowest BCUT2D eigenvalue weighted by Crippen LogP contribution is -2.29. The van der Waals surface area contributed by atoms with Gasteiger partial charge in [-0.3, -0.25) is 14.1 Å². The summed E-state index contributed by atoms with van der Waals surface area (Å²) in [6.45, 7) is 3.42. The summed E-state index contributed by atoms with van der Waals surface area (Å²) < 4.78 is 26.3. The smallest absolute Gasteiger partial charge is 0.462 e. The number of carbonyl (C=O) groups is 2. The van der Waals surface area contributed by atoms with Crippen LogP contribution in [0.1, 0.15) is 174 Å². The SMILES string of the molecule is CC/C=C/CC(O)/C=C/C=C/CCCCCCCC(=O)O[C@H](COC(=O)CCCCCCCCCCC/C=C\C/C=C\CCCCC)COP(=O)(O)O. The molecular formula is C43H75O9P. The number of phosphoric acid groups is 1. The highest BCUT2D eigenvalue weighted by Gasteiger charge is 2.22. The molecule has 0 amide bonds. The molecular weight excluding hydrogens is 691 g/mol. The van der Waals surface area contributed by atoms with E-state index in [0.717, 1.165) is 70.6 Å². The van der Waals surface area contributed by atoms with Crippen molar-refractivity contribution in [3.05, 3.63) is 60.8 Å². The molecule has 306 valence electrons. The number of carbonyl (C=O) groups excluding carboxylic acids is 2. The molecule has 0 heterocycles. The fraction of sp³-hybridized carbons (Fsp3) is 0.721. The van der Waals surface area contributed by atoms with E-state index < -0.39 is 38.6 Å². The molecule has 0 aliphatic heterocycles. The Morgan fingerprint density at radius 3 is 1.70 bits per heavy atom. The van der Waals surface area contributed by atoms with E-state index in [9.17, 15) is 19.3 Å². The van der Waals surface area contributed by atoms with Gasteiger partial charge in [0.15, 0.2) is 6.10 Å². The minimum atomic E-state index is -4.78. The van der Waals surface area contributed by atoms with Crippen LogP contribution in [0.4, 0.5) is 0 Å². The van der Waals surface area contributed by atoms with Crippen molar-refractivity contribution >= 4 is 19.8 Å². The molecule has 0 aromatic carbocycles. The summed E-state index contributed by atoms with van der Waals surface area (Å²) in [7, 11) is -4.78. The van der Waals surface area contributed by atoms with E-state index in [1.165, 1.54) is 57.8 Å². The maximum absolute atomic E-state index is 12.4. The molecule has 0 fully saturated rings. The average Bonchev–Trinajstić information content (AvgIpc) is 3.12. The fourth-order valence-electron chi connectivity index (χ4n) is 5.50. The zero-order valence-electron chi connectivity index (χ0n) is 33.3. The van der Waals surface area contributed by atoms with Gasteiger partial charge in [0.2, 0.25) is 0 Å². The number of ether oxygens (including phenoxy) is 2. The van der Waals surface area contributed by atoms with Gasteiger partial charge in [0, 0.05) is 12.8 Å². The van der Waals surface area contributed by atoms with Gasteiger partial charge in [-0.05, 0) is 70.6 Å². The topological polar surface area (TPSA) is 140 Å². The van der Waals surface area contributed by atoms with Crippen LogP contribution in [0, 0.1) is 0 Å². The van der Waals surface area contributed by atoms with Gasteiger partial charge in [0.1, 0.15) is 6.61 Å². The first kappa shape index (κ1) is 50.7. The summed E-state index contributed by atoms with van der Waals surface area (Å²) in [5, 5.41) is 9.84. The van der Waals surface area contributed by atoms with Crippen molar-refractivity contribution < 1.29 is 43.0 Å². The Morgan fingerprint density at radius 2 is 1.13 bits per heavy atom. The van der Waals surface area contributed by atoms with Gasteiger partial charge in [-0.2, -0.15) is 0 Å². The summed E-state index contributed by atoms with van der Waals surface area (Å²) in [4.78, 5) is 42.8. The van der Waals surface area contributed by atoms with Crippen molar-refractivity contribution in [3.63, 3.8) is 0 Å². The molecule has 53 heavy (non-hydrogen) atoms. The first-order valence-corrected chi connectivity index (χ1v) is 22.2. The Morgan fingerprint density at radius 1 is 0.604 bits per heavy atom. The molecule has 0 saturated heterocycles. The van der Waals surface area contributed by atoms with E-state index in [0.29, 0.717) is 19.3 Å². The molecule has 0 aliphatic carbocycles. The van der Waals surface area contributed by atoms with Crippen LogP contribution >= 0.6 is 7.82 Å². The number of rotatable bonds is 37. The molecule has 0 aromatic rings. The maximum atomic E-state index is 12.4. The molecule has 2 atom stereocenters. The van der Waals surface area contributed by atoms with Crippen molar-refractivity contribution in [1.29, 1.82) is 0 Å². The van der Waals surface area contributed by atoms with Crippen LogP contribution in [-0.4, -0.2) is 52.3 Å². The van der Waals surface area contributed by atoms with Crippen molar-refractivity contribution in [2.45, 2.75) is 187 Å². The van der Waals surface area contributed by atoms with Crippen LogP contribution in [0.2, 0.25) is 0 Å². The summed E-state index contributed by atoms with van der Waals surface area (Å²) in [6.07, 6.45) is 44.1. The number of phosphoric ester groups is 1. The predicted octanol–water partition coefficient (Wildman–Crippen LogP) is 11.5. The number of aliphatic hydroxyl groups excluding tert-OH is 1. The van der Waals surface area contributed by atoms with Gasteiger partial charge in [0.25, 0.3) is 0 Å². The number of aliphatic hydroxyl groups is 1. The quantitative estimate of drug-likeness (QED) is 0.0185. The second kappa shape index (κ2) is 38.0. The van der Waals surface area contributed by atoms with Gasteiger partial charge in [-0.1, -0.05) is 152 Å². The summed E-state index contributed by atoms with van der Waals surface area (Å²) in [5.41, 5.74) is 0. The molecule has 1 unspecified atom stereocenters. The lowest BCUT2D eigenvalue weighted by Gasteiger charge is -2.18. The van der Waals surface area contributed by atoms with Gasteiger partial charge in [-0.25, -0.2) is 4.57 Å². The molecule has 0 spiro atoms. The average molecular weight is 767 g/mol. The second-order valence-electron chi connectivity index (χ2n) is 13.8. The summed E-state index contributed by atoms with van der Waals surface area (Å²) >= 11 is 0. The second-order valence-corrected chi connectivity index (χ2v) is 15.0. The molecule has 0 radical (unpaired) electrons. The van der Waals surface area contributed by atoms with Crippen molar-refractivity contribution in [2.75, 3.05) is 13.2 Å². The Balaban J connectivity index is 3.99. The van der Waals surface area contributed by atoms with Crippen LogP contribution in [-0.2, 0) is 28.2 Å². The van der Waals surface area contributed by atoms with Crippen LogP contribution < -0.4 is 0 Å². The van der Waals surface area contributed by atoms with Gasteiger partial charge >= 0.3 is 19.8 Å². The third-order valence-electron chi connectivity index (χ3n) is 8.60. The van der Waals surface area contributed by atoms with Crippen LogP contribution in [0.5, 0.6) is 0 Å². The highest BCUT2D eigenvalue weighted by molar-refractivity contribution is 7.46. The number of unbranched alkanes of at least 4 members (excludes halogenated alkanes) is 17. The van der Waals surface area contributed by atoms with E-state index in [1.807, 2.05) is 24.3 Å². The normalized spacial score (nSPS) is 13.7. The fourth-order valence-corrected chi connectivity index (χ4v) is 5.86. The van der Waals surface area contributed by atoms with E-state index in [1.54, 1.807) is 6.08 Å². The first-order chi connectivity index (χ1) is 25.7. The van der Waals surface area contributed by atoms with Gasteiger partial charge in [-0.15, -0.1) is 0 Å². The monoisotopic (exact) mass is 767 g/mol. The number of hydrogen-bond donors (Lipinski definition) is 3. The predicted molar refractivity (Wildman–Crippen MR) is 217 cm³/mol. The minimum Gasteiger partial charge on any atom is -0.462 e. The lowest BCUT2D eigenvalue weighted by atomic mass is 10.1. The Labute approximate surface area is 322 Å². The van der Waals surface area contributed by atoms with Crippen LogP contribution in [0.3, 0.4) is 0 Å². The third kappa shape index (κ3) is 40.7. The number of allylic oxidation sites excluding steroid dienone is 8. The van der Waals surface area contributed by atoms with Crippen molar-refractivity contribution in [1.82, 2.24) is 0 Å². The van der Waals surface area contributed by atoms with Crippen molar-refractivity contribution in [2.24, 2.45) is 0 Å². The Kier molecular flexibility index (Phi) is 36.4. The highest BCUT2D eigenvalue weighted by atomic mass is 31.2. The number of hydrogen-bond acceptors (Lipinski definition) is 7. The first-order valence-electron chi connectivity index (χ1n) is 20.7. The van der Waals surface area contributed by atoms with E-state index in [4.69, 9.17) is 19.3 Å². The minimum absolute atomic E-state index is 0.162. The lowest BCUT2D eigenvalue weighted by molar-refractivity contribution is -0.161. The molecule has 0 saturated carbocycles. The van der Waals surface area contributed by atoms with Crippen LogP contribution in [0.25, 0.3) is 0 Å². The van der Waals surface area contributed by atoms with E-state index in [-0.39, 0.29) is 19.4 Å². The van der Waals surface area contributed by atoms with Gasteiger partial charge < -0.3 is 24.4 Å². The molecule has 9 nitrogen and oxygen atoms in total. The largest absolute Gasteiger partial charge is 0.469 e. The van der Waals surface area contributed by atoms with Crippen molar-refractivity contribution in [3.8, 4) is 0 Å². The van der Waals surface area contributed by atoms with E-state index >= 15 is 0 Å². The third-order valence-corrected chi connectivity index (χ3v) is 9.09. The number of esters is 2. The van der Waals surface area contributed by atoms with Crippen LogP contribution in [0.15, 0.2) is 60.8 Å².